The number of carbonyl (C=O) groups excluding carboxylic acids is 2. The zero-order valence-electron chi connectivity index (χ0n) is 24.5. The van der Waals surface area contributed by atoms with Crippen molar-refractivity contribution in [2.45, 2.75) is 99.5 Å². The number of para-hydroxylation sites is 1. The van der Waals surface area contributed by atoms with E-state index in [2.05, 4.69) is 19.2 Å². The van der Waals surface area contributed by atoms with E-state index in [0.717, 1.165) is 22.6 Å². The van der Waals surface area contributed by atoms with E-state index in [9.17, 15) is 9.59 Å². The van der Waals surface area contributed by atoms with Crippen LogP contribution < -0.4 is 19.5 Å². The molecule has 1 unspecified atom stereocenters. The van der Waals surface area contributed by atoms with Gasteiger partial charge in [-0.05, 0) is 50.5 Å². The Morgan fingerprint density at radius 2 is 1.41 bits per heavy atom. The van der Waals surface area contributed by atoms with Gasteiger partial charge < -0.3 is 19.5 Å². The smallest absolute Gasteiger partial charge is 0.224 e. The zero-order chi connectivity index (χ0) is 28.2. The Kier molecular flexibility index (Phi) is 18.4. The Bertz CT molecular complexity index is 922. The number of methoxy groups -OCH3 is 2. The van der Waals surface area contributed by atoms with Crippen LogP contribution >= 0.6 is 0 Å². The number of nitrogens with one attached hydrogen (secondary N) is 1. The fourth-order valence-electron chi connectivity index (χ4n) is 3.37. The second kappa shape index (κ2) is 20.1. The van der Waals surface area contributed by atoms with E-state index in [-0.39, 0.29) is 17.8 Å². The van der Waals surface area contributed by atoms with Crippen molar-refractivity contribution in [2.24, 2.45) is 0 Å². The van der Waals surface area contributed by atoms with Gasteiger partial charge in [-0.2, -0.15) is 0 Å². The van der Waals surface area contributed by atoms with E-state index in [0.29, 0.717) is 24.3 Å². The summed E-state index contributed by atoms with van der Waals surface area (Å²) < 4.78 is 16.0. The van der Waals surface area contributed by atoms with Crippen LogP contribution in [0.4, 0.5) is 5.69 Å². The number of hydrogen-bond donors (Lipinski definition) is 1. The average molecular weight is 516 g/mol. The van der Waals surface area contributed by atoms with Gasteiger partial charge in [-0.1, -0.05) is 78.0 Å². The minimum atomic E-state index is -0.309. The van der Waals surface area contributed by atoms with Crippen molar-refractivity contribution in [3.8, 4) is 17.2 Å². The number of benzene rings is 2. The highest BCUT2D eigenvalue weighted by Gasteiger charge is 2.14. The van der Waals surface area contributed by atoms with Crippen LogP contribution in [-0.4, -0.2) is 32.0 Å². The first-order valence-electron chi connectivity index (χ1n) is 13.4. The van der Waals surface area contributed by atoms with Gasteiger partial charge in [0.2, 0.25) is 5.91 Å². The van der Waals surface area contributed by atoms with Crippen LogP contribution in [0, 0.1) is 13.8 Å². The van der Waals surface area contributed by atoms with Gasteiger partial charge in [0.05, 0.1) is 19.9 Å². The Morgan fingerprint density at radius 1 is 0.811 bits per heavy atom. The molecule has 208 valence electrons. The standard InChI is InChI=1S/C12H17NO3.C12H16O2.C7H16/c1-5-12(14)13-9-6-8(2)10(15-3)7-11(9)16-4;1-4-11(10(3)13)14-12-8-6-5-7-9(12)2;1-3-5-7-6-4-2/h6-7H,5H2,1-4H3,(H,13,14);5-8,11H,4H2,1-3H3;3-7H2,1-2H3. The van der Waals surface area contributed by atoms with Gasteiger partial charge in [0, 0.05) is 12.5 Å². The number of hydrogen-bond acceptors (Lipinski definition) is 5. The van der Waals surface area contributed by atoms with E-state index in [1.807, 2.05) is 51.1 Å². The summed E-state index contributed by atoms with van der Waals surface area (Å²) >= 11 is 0. The number of ether oxygens (including phenoxy) is 3. The van der Waals surface area contributed by atoms with E-state index in [1.165, 1.54) is 32.1 Å². The van der Waals surface area contributed by atoms with Crippen LogP contribution in [0.5, 0.6) is 17.2 Å². The van der Waals surface area contributed by atoms with Crippen molar-refractivity contribution in [3.63, 3.8) is 0 Å². The Hall–Kier alpha value is -3.02. The highest BCUT2D eigenvalue weighted by molar-refractivity contribution is 5.92. The van der Waals surface area contributed by atoms with Gasteiger partial charge in [0.1, 0.15) is 17.2 Å². The second-order valence-corrected chi connectivity index (χ2v) is 8.88. The summed E-state index contributed by atoms with van der Waals surface area (Å²) in [4.78, 5) is 22.5. The molecule has 0 fully saturated rings. The lowest BCUT2D eigenvalue weighted by Crippen LogP contribution is -2.24. The summed E-state index contributed by atoms with van der Waals surface area (Å²) in [5.41, 5.74) is 2.69. The Balaban J connectivity index is 0.000000565. The fraction of sp³-hybridized carbons (Fsp3) is 0.548. The molecule has 37 heavy (non-hydrogen) atoms. The molecule has 2 rings (SSSR count). The highest BCUT2D eigenvalue weighted by Crippen LogP contribution is 2.32. The van der Waals surface area contributed by atoms with Crippen LogP contribution in [0.25, 0.3) is 0 Å². The predicted molar refractivity (Wildman–Crippen MR) is 154 cm³/mol. The van der Waals surface area contributed by atoms with Crippen molar-refractivity contribution >= 4 is 17.4 Å². The van der Waals surface area contributed by atoms with Gasteiger partial charge in [-0.3, -0.25) is 9.59 Å². The van der Waals surface area contributed by atoms with Gasteiger partial charge in [0.15, 0.2) is 11.9 Å². The third kappa shape index (κ3) is 13.7. The summed E-state index contributed by atoms with van der Waals surface area (Å²) in [6.07, 6.45) is 7.85. The monoisotopic (exact) mass is 515 g/mol. The summed E-state index contributed by atoms with van der Waals surface area (Å²) in [5.74, 6) is 2.18. The van der Waals surface area contributed by atoms with Crippen LogP contribution in [0.1, 0.15) is 90.7 Å². The number of ketones is 1. The molecule has 0 bridgehead atoms. The lowest BCUT2D eigenvalue weighted by atomic mass is 10.1. The summed E-state index contributed by atoms with van der Waals surface area (Å²) in [7, 11) is 3.16. The van der Waals surface area contributed by atoms with Crippen LogP contribution in [-0.2, 0) is 9.59 Å². The molecule has 0 spiro atoms. The SMILES string of the molecule is CCC(=O)Nc1cc(C)c(OC)cc1OC.CCC(Oc1ccccc1C)C(C)=O.CCCCCCC. The van der Waals surface area contributed by atoms with Crippen molar-refractivity contribution in [3.05, 3.63) is 47.5 Å². The molecule has 0 radical (unpaired) electrons. The first-order chi connectivity index (χ1) is 17.7. The maximum Gasteiger partial charge on any atom is 0.224 e. The number of aryl methyl sites for hydroxylation is 2. The molecule has 2 aromatic carbocycles. The minimum absolute atomic E-state index is 0.0390. The van der Waals surface area contributed by atoms with Crippen molar-refractivity contribution in [1.29, 1.82) is 0 Å². The molecule has 6 nitrogen and oxygen atoms in total. The molecule has 1 N–H and O–H groups in total. The molecule has 0 aliphatic rings. The molecule has 0 saturated heterocycles. The highest BCUT2D eigenvalue weighted by atomic mass is 16.5. The molecule has 0 aromatic heterocycles. The van der Waals surface area contributed by atoms with Crippen molar-refractivity contribution in [2.75, 3.05) is 19.5 Å². The lowest BCUT2D eigenvalue weighted by molar-refractivity contribution is -0.123. The van der Waals surface area contributed by atoms with Gasteiger partial charge in [-0.25, -0.2) is 0 Å². The van der Waals surface area contributed by atoms with E-state index < -0.39 is 0 Å². The average Bonchev–Trinajstić information content (AvgIpc) is 2.89. The van der Waals surface area contributed by atoms with Crippen molar-refractivity contribution in [1.82, 2.24) is 0 Å². The molecule has 0 aliphatic heterocycles. The molecular formula is C31H49NO5. The zero-order valence-corrected chi connectivity index (χ0v) is 24.5. The van der Waals surface area contributed by atoms with Gasteiger partial charge in [0.25, 0.3) is 0 Å². The van der Waals surface area contributed by atoms with Gasteiger partial charge in [-0.15, -0.1) is 0 Å². The van der Waals surface area contributed by atoms with E-state index in [4.69, 9.17) is 14.2 Å². The molecular weight excluding hydrogens is 466 g/mol. The Labute approximate surface area is 225 Å². The fourth-order valence-corrected chi connectivity index (χ4v) is 3.37. The topological polar surface area (TPSA) is 73.9 Å². The summed E-state index contributed by atoms with van der Waals surface area (Å²) in [6, 6.07) is 11.3. The van der Waals surface area contributed by atoms with Crippen LogP contribution in [0.2, 0.25) is 0 Å². The summed E-state index contributed by atoms with van der Waals surface area (Å²) in [6.45, 7) is 13.7. The maximum atomic E-state index is 11.3. The molecule has 0 heterocycles. The third-order valence-electron chi connectivity index (χ3n) is 5.71. The predicted octanol–water partition coefficient (Wildman–Crippen LogP) is 8.08. The number of anilines is 1. The lowest BCUT2D eigenvalue weighted by Gasteiger charge is -2.15. The second-order valence-electron chi connectivity index (χ2n) is 8.88. The Morgan fingerprint density at radius 3 is 1.86 bits per heavy atom. The quantitative estimate of drug-likeness (QED) is 0.289. The van der Waals surface area contributed by atoms with Crippen molar-refractivity contribution < 1.29 is 23.8 Å². The first kappa shape index (κ1) is 34.0. The minimum Gasteiger partial charge on any atom is -0.496 e. The molecule has 1 amide bonds. The molecule has 6 heteroatoms. The largest absolute Gasteiger partial charge is 0.496 e. The number of rotatable bonds is 12. The number of amides is 1. The first-order valence-corrected chi connectivity index (χ1v) is 13.4. The van der Waals surface area contributed by atoms with E-state index >= 15 is 0 Å². The number of Topliss-reactive ketones (excluding diaryl/α,β-unsaturated/α-hetero) is 1. The number of unbranched alkanes of at least 4 members (excludes halogenated alkanes) is 4. The molecule has 1 atom stereocenters. The molecule has 0 aliphatic carbocycles. The third-order valence-corrected chi connectivity index (χ3v) is 5.71. The molecule has 2 aromatic rings. The van der Waals surface area contributed by atoms with E-state index in [1.54, 1.807) is 34.1 Å². The van der Waals surface area contributed by atoms with Crippen LogP contribution in [0.15, 0.2) is 36.4 Å². The molecule has 0 saturated carbocycles. The normalized spacial score (nSPS) is 10.6. The number of carbonyl (C=O) groups is 2. The summed E-state index contributed by atoms with van der Waals surface area (Å²) in [5, 5.41) is 2.78. The van der Waals surface area contributed by atoms with Gasteiger partial charge >= 0.3 is 0 Å². The van der Waals surface area contributed by atoms with Crippen LogP contribution in [0.3, 0.4) is 0 Å². The maximum absolute atomic E-state index is 11.3.